The molecule has 1 aliphatic rings. The maximum absolute atomic E-state index is 13.3. The van der Waals surface area contributed by atoms with E-state index in [9.17, 15) is 14.0 Å². The maximum Gasteiger partial charge on any atom is 0.372 e. The number of benzene rings is 1. The predicted molar refractivity (Wildman–Crippen MR) is 61.1 cm³/mol. The van der Waals surface area contributed by atoms with Gasteiger partial charge in [0.15, 0.2) is 0 Å². The first-order chi connectivity index (χ1) is 8.48. The first-order valence-electron chi connectivity index (χ1n) is 5.59. The van der Waals surface area contributed by atoms with Crippen molar-refractivity contribution in [2.75, 3.05) is 7.11 Å². The highest BCUT2D eigenvalue weighted by molar-refractivity contribution is 6.33. The summed E-state index contributed by atoms with van der Waals surface area (Å²) in [4.78, 5) is 21.9. The minimum Gasteiger partial charge on any atom is -0.496 e. The van der Waals surface area contributed by atoms with Crippen LogP contribution in [-0.4, -0.2) is 24.0 Å². The van der Waals surface area contributed by atoms with Gasteiger partial charge in [-0.15, -0.1) is 0 Å². The van der Waals surface area contributed by atoms with Crippen LogP contribution in [0.4, 0.5) is 4.39 Å². The molecule has 1 N–H and O–H groups in total. The van der Waals surface area contributed by atoms with E-state index in [1.54, 1.807) is 0 Å². The molecular formula is C13H13FO4. The Morgan fingerprint density at radius 1 is 1.44 bits per heavy atom. The van der Waals surface area contributed by atoms with Crippen molar-refractivity contribution >= 4 is 11.8 Å². The van der Waals surface area contributed by atoms with E-state index in [-0.39, 0.29) is 6.42 Å². The van der Waals surface area contributed by atoms with Gasteiger partial charge >= 0.3 is 5.97 Å². The molecule has 1 aromatic rings. The van der Waals surface area contributed by atoms with Crippen LogP contribution in [0.5, 0.6) is 5.75 Å². The van der Waals surface area contributed by atoms with E-state index < -0.39 is 23.0 Å². The molecule has 0 unspecified atom stereocenters. The standard InChI is InChI=1S/C13H13FO4/c1-18-11-3-2-8(14)6-9(11)13(4-5-13)7-10(15)12(16)17/h2-3,6H,4-5,7H2,1H3,(H,16,17). The SMILES string of the molecule is COc1ccc(F)cc1C1(CC(=O)C(=O)O)CC1. The minimum absolute atomic E-state index is 0.109. The largest absolute Gasteiger partial charge is 0.496 e. The van der Waals surface area contributed by atoms with Crippen LogP contribution in [0.1, 0.15) is 24.8 Å². The Hall–Kier alpha value is -1.91. The summed E-state index contributed by atoms with van der Waals surface area (Å²) in [6, 6.07) is 4.09. The van der Waals surface area contributed by atoms with Crippen LogP contribution >= 0.6 is 0 Å². The van der Waals surface area contributed by atoms with Gasteiger partial charge in [-0.3, -0.25) is 4.79 Å². The number of methoxy groups -OCH3 is 1. The zero-order chi connectivity index (χ0) is 13.3. The molecule has 1 fully saturated rings. The zero-order valence-corrected chi connectivity index (χ0v) is 9.90. The van der Waals surface area contributed by atoms with Crippen molar-refractivity contribution in [2.24, 2.45) is 0 Å². The quantitative estimate of drug-likeness (QED) is 0.813. The molecule has 5 heteroatoms. The van der Waals surface area contributed by atoms with Crippen molar-refractivity contribution in [1.82, 2.24) is 0 Å². The third-order valence-corrected chi connectivity index (χ3v) is 3.32. The number of ketones is 1. The van der Waals surface area contributed by atoms with Gasteiger partial charge in [0, 0.05) is 17.4 Å². The van der Waals surface area contributed by atoms with E-state index in [1.807, 2.05) is 0 Å². The fourth-order valence-corrected chi connectivity index (χ4v) is 2.17. The fourth-order valence-electron chi connectivity index (χ4n) is 2.17. The number of hydrogen-bond donors (Lipinski definition) is 1. The van der Waals surface area contributed by atoms with Gasteiger partial charge in [0.25, 0.3) is 0 Å². The van der Waals surface area contributed by atoms with Crippen molar-refractivity contribution < 1.29 is 23.8 Å². The fraction of sp³-hybridized carbons (Fsp3) is 0.385. The van der Waals surface area contributed by atoms with Crippen LogP contribution < -0.4 is 4.74 Å². The smallest absolute Gasteiger partial charge is 0.372 e. The van der Waals surface area contributed by atoms with Gasteiger partial charge in [0.1, 0.15) is 11.6 Å². The highest BCUT2D eigenvalue weighted by atomic mass is 19.1. The second kappa shape index (κ2) is 4.40. The van der Waals surface area contributed by atoms with E-state index in [4.69, 9.17) is 9.84 Å². The number of halogens is 1. The molecular weight excluding hydrogens is 239 g/mol. The van der Waals surface area contributed by atoms with Crippen molar-refractivity contribution in [3.05, 3.63) is 29.6 Å². The number of ether oxygens (including phenoxy) is 1. The lowest BCUT2D eigenvalue weighted by molar-refractivity contribution is -0.149. The number of Topliss-reactive ketones (excluding diaryl/α,β-unsaturated/α-hetero) is 1. The van der Waals surface area contributed by atoms with Crippen LogP contribution in [0.15, 0.2) is 18.2 Å². The molecule has 2 rings (SSSR count). The number of rotatable bonds is 5. The maximum atomic E-state index is 13.3. The normalized spacial score (nSPS) is 16.1. The molecule has 1 aliphatic carbocycles. The molecule has 4 nitrogen and oxygen atoms in total. The van der Waals surface area contributed by atoms with Crippen molar-refractivity contribution in [1.29, 1.82) is 0 Å². The Kier molecular flexibility index (Phi) is 3.07. The molecule has 0 amide bonds. The second-order valence-corrected chi connectivity index (χ2v) is 4.53. The summed E-state index contributed by atoms with van der Waals surface area (Å²) in [5, 5.41) is 8.65. The zero-order valence-electron chi connectivity index (χ0n) is 9.90. The Morgan fingerprint density at radius 2 is 2.11 bits per heavy atom. The minimum atomic E-state index is -1.45. The highest BCUT2D eigenvalue weighted by Crippen LogP contribution is 2.54. The van der Waals surface area contributed by atoms with Crippen molar-refractivity contribution in [3.8, 4) is 5.75 Å². The highest BCUT2D eigenvalue weighted by Gasteiger charge is 2.48. The molecule has 0 aliphatic heterocycles. The number of hydrogen-bond acceptors (Lipinski definition) is 3. The van der Waals surface area contributed by atoms with Crippen LogP contribution in [0.25, 0.3) is 0 Å². The lowest BCUT2D eigenvalue weighted by Crippen LogP contribution is -2.21. The van der Waals surface area contributed by atoms with Gasteiger partial charge in [-0.05, 0) is 31.0 Å². The monoisotopic (exact) mass is 252 g/mol. The third kappa shape index (κ3) is 2.20. The Balaban J connectivity index is 2.33. The lowest BCUT2D eigenvalue weighted by atomic mass is 9.89. The van der Waals surface area contributed by atoms with Crippen LogP contribution in [0, 0.1) is 5.82 Å². The Morgan fingerprint density at radius 3 is 2.61 bits per heavy atom. The second-order valence-electron chi connectivity index (χ2n) is 4.53. The van der Waals surface area contributed by atoms with E-state index in [1.165, 1.54) is 25.3 Å². The van der Waals surface area contributed by atoms with Gasteiger partial charge in [-0.1, -0.05) is 0 Å². The lowest BCUT2D eigenvalue weighted by Gasteiger charge is -2.17. The number of carbonyl (C=O) groups is 2. The molecule has 0 atom stereocenters. The summed E-state index contributed by atoms with van der Waals surface area (Å²) < 4.78 is 18.4. The molecule has 0 saturated heterocycles. The van der Waals surface area contributed by atoms with E-state index in [0.29, 0.717) is 24.2 Å². The Labute approximate surface area is 103 Å². The van der Waals surface area contributed by atoms with E-state index >= 15 is 0 Å². The third-order valence-electron chi connectivity index (χ3n) is 3.32. The van der Waals surface area contributed by atoms with Crippen molar-refractivity contribution in [2.45, 2.75) is 24.7 Å². The molecule has 96 valence electrons. The molecule has 0 radical (unpaired) electrons. The molecule has 1 aromatic carbocycles. The molecule has 18 heavy (non-hydrogen) atoms. The summed E-state index contributed by atoms with van der Waals surface area (Å²) in [5.74, 6) is -2.22. The molecule has 0 bridgehead atoms. The average molecular weight is 252 g/mol. The molecule has 0 aromatic heterocycles. The van der Waals surface area contributed by atoms with Crippen LogP contribution in [0.2, 0.25) is 0 Å². The van der Waals surface area contributed by atoms with Gasteiger partial charge in [-0.2, -0.15) is 0 Å². The van der Waals surface area contributed by atoms with Gasteiger partial charge in [0.05, 0.1) is 7.11 Å². The number of carbonyl (C=O) groups excluding carboxylic acids is 1. The van der Waals surface area contributed by atoms with Gasteiger partial charge in [-0.25, -0.2) is 9.18 Å². The van der Waals surface area contributed by atoms with Crippen LogP contribution in [0.3, 0.4) is 0 Å². The van der Waals surface area contributed by atoms with E-state index in [2.05, 4.69) is 0 Å². The predicted octanol–water partition coefficient (Wildman–Crippen LogP) is 1.91. The first-order valence-corrected chi connectivity index (χ1v) is 5.59. The molecule has 0 spiro atoms. The van der Waals surface area contributed by atoms with Gasteiger partial charge < -0.3 is 9.84 Å². The summed E-state index contributed by atoms with van der Waals surface area (Å²) in [6.45, 7) is 0. The van der Waals surface area contributed by atoms with Gasteiger partial charge in [0.2, 0.25) is 5.78 Å². The molecule has 1 saturated carbocycles. The topological polar surface area (TPSA) is 63.6 Å². The first kappa shape index (κ1) is 12.5. The summed E-state index contributed by atoms with van der Waals surface area (Å²) in [6.07, 6.45) is 1.24. The summed E-state index contributed by atoms with van der Waals surface area (Å²) >= 11 is 0. The number of aliphatic carboxylic acids is 1. The molecule has 0 heterocycles. The van der Waals surface area contributed by atoms with E-state index in [0.717, 1.165) is 0 Å². The van der Waals surface area contributed by atoms with Crippen LogP contribution in [-0.2, 0) is 15.0 Å². The number of carboxylic acid groups (broad SMARTS) is 1. The average Bonchev–Trinajstić information content (AvgIpc) is 3.09. The summed E-state index contributed by atoms with van der Waals surface area (Å²) in [7, 11) is 1.46. The van der Waals surface area contributed by atoms with Crippen molar-refractivity contribution in [3.63, 3.8) is 0 Å². The summed E-state index contributed by atoms with van der Waals surface area (Å²) in [5.41, 5.74) is 0.0164. The Bertz CT molecular complexity index is 506. The number of carboxylic acids is 1.